The molecule has 7 nitrogen and oxygen atoms in total. The van der Waals surface area contributed by atoms with Gasteiger partial charge >= 0.3 is 5.63 Å². The maximum Gasteiger partial charge on any atom is 0.349 e. The first-order valence-electron chi connectivity index (χ1n) is 12.3. The number of hydrogen-bond donors (Lipinski definition) is 0. The molecule has 3 heterocycles. The third kappa shape index (κ3) is 3.76. The Bertz CT molecular complexity index is 1740. The molecule has 1 aliphatic heterocycles. The molecule has 2 aliphatic rings. The number of carbonyl (C=O) groups is 1. The maximum atomic E-state index is 13.7. The van der Waals surface area contributed by atoms with Crippen LogP contribution in [0.1, 0.15) is 36.0 Å². The van der Waals surface area contributed by atoms with Crippen molar-refractivity contribution in [1.29, 1.82) is 0 Å². The highest BCUT2D eigenvalue weighted by atomic mass is 32.2. The van der Waals surface area contributed by atoms with Crippen molar-refractivity contribution < 1.29 is 13.7 Å². The molecule has 7 rings (SSSR count). The Balaban J connectivity index is 1.31. The first kappa shape index (κ1) is 22.1. The summed E-state index contributed by atoms with van der Waals surface area (Å²) in [5, 5.41) is 4.93. The Morgan fingerprint density at radius 1 is 0.865 bits per heavy atom. The van der Waals surface area contributed by atoms with Crippen LogP contribution in [-0.2, 0) is 0 Å². The molecule has 0 bridgehead atoms. The second-order valence-corrected chi connectivity index (χ2v) is 10.4. The van der Waals surface area contributed by atoms with E-state index in [9.17, 15) is 9.59 Å². The van der Waals surface area contributed by atoms with Gasteiger partial charge in [0.05, 0.1) is 11.3 Å². The number of aromatic nitrogens is 2. The molecule has 3 aromatic carbocycles. The molecule has 0 unspecified atom stereocenters. The molecule has 182 valence electrons. The molecule has 8 heteroatoms. The summed E-state index contributed by atoms with van der Waals surface area (Å²) in [5.74, 6) is 0.513. The summed E-state index contributed by atoms with van der Waals surface area (Å²) in [4.78, 5) is 34.6. The van der Waals surface area contributed by atoms with Crippen molar-refractivity contribution >= 4 is 34.3 Å². The average molecular weight is 508 g/mol. The van der Waals surface area contributed by atoms with Crippen molar-refractivity contribution in [3.8, 4) is 22.8 Å². The number of hydrogen-bond acceptors (Lipinski definition) is 7. The van der Waals surface area contributed by atoms with Crippen LogP contribution in [-0.4, -0.2) is 22.1 Å². The third-order valence-electron chi connectivity index (χ3n) is 7.02. The zero-order chi connectivity index (χ0) is 24.9. The summed E-state index contributed by atoms with van der Waals surface area (Å²) in [6, 6.07) is 22.8. The lowest BCUT2D eigenvalue weighted by Crippen LogP contribution is -2.39. The van der Waals surface area contributed by atoms with Crippen LogP contribution in [0.5, 0.6) is 0 Å². The Labute approximate surface area is 216 Å². The fraction of sp³-hybridized carbons (Fsp3) is 0.172. The standard InChI is InChI=1S/C29H21N3O4S/c33-28-20-10-4-6-12-24(20)37-25-16-18(13-14-22(25)32(28)19-8-2-3-9-19)26-30-27(36-31-26)21-15-17-7-1-5-11-23(17)35-29(21)34/h1,4-7,10-16,19H,2-3,8-9H2. The topological polar surface area (TPSA) is 89.4 Å². The van der Waals surface area contributed by atoms with Crippen LogP contribution < -0.4 is 10.5 Å². The van der Waals surface area contributed by atoms with E-state index >= 15 is 0 Å². The first-order valence-corrected chi connectivity index (χ1v) is 13.1. The lowest BCUT2D eigenvalue weighted by molar-refractivity contribution is 0.0974. The Kier molecular flexibility index (Phi) is 5.21. The van der Waals surface area contributed by atoms with Gasteiger partial charge in [-0.2, -0.15) is 4.98 Å². The van der Waals surface area contributed by atoms with Crippen LogP contribution in [0.15, 0.2) is 96.3 Å². The van der Waals surface area contributed by atoms with Gasteiger partial charge in [-0.25, -0.2) is 4.79 Å². The van der Waals surface area contributed by atoms with Gasteiger partial charge in [0.2, 0.25) is 5.82 Å². The average Bonchev–Trinajstić information content (AvgIpc) is 3.61. The maximum absolute atomic E-state index is 13.7. The number of carbonyl (C=O) groups excluding carboxylic acids is 1. The Morgan fingerprint density at radius 3 is 2.57 bits per heavy atom. The summed E-state index contributed by atoms with van der Waals surface area (Å²) in [5.41, 5.74) is 2.55. The molecule has 0 radical (unpaired) electrons. The molecular weight excluding hydrogens is 486 g/mol. The zero-order valence-corrected chi connectivity index (χ0v) is 20.5. The van der Waals surface area contributed by atoms with E-state index in [0.717, 1.165) is 57.7 Å². The van der Waals surface area contributed by atoms with Crippen LogP contribution in [0.4, 0.5) is 5.69 Å². The molecule has 37 heavy (non-hydrogen) atoms. The Morgan fingerprint density at radius 2 is 1.68 bits per heavy atom. The van der Waals surface area contributed by atoms with Gasteiger partial charge in [0.25, 0.3) is 11.8 Å². The van der Waals surface area contributed by atoms with E-state index in [1.165, 1.54) is 0 Å². The largest absolute Gasteiger partial charge is 0.422 e. The van der Waals surface area contributed by atoms with Gasteiger partial charge in [0.1, 0.15) is 11.1 Å². The van der Waals surface area contributed by atoms with E-state index in [1.807, 2.05) is 65.6 Å². The highest BCUT2D eigenvalue weighted by molar-refractivity contribution is 7.99. The first-order chi connectivity index (χ1) is 18.2. The molecule has 1 saturated carbocycles. The summed E-state index contributed by atoms with van der Waals surface area (Å²) in [6.07, 6.45) is 4.26. The molecule has 5 aromatic rings. The van der Waals surface area contributed by atoms with Gasteiger partial charge in [-0.3, -0.25) is 4.79 Å². The minimum atomic E-state index is -0.534. The summed E-state index contributed by atoms with van der Waals surface area (Å²) in [7, 11) is 0. The molecule has 0 spiro atoms. The van der Waals surface area contributed by atoms with Gasteiger partial charge in [0, 0.05) is 26.8 Å². The Hall–Kier alpha value is -4.17. The number of anilines is 1. The molecule has 0 saturated heterocycles. The molecule has 2 aromatic heterocycles. The van der Waals surface area contributed by atoms with E-state index in [4.69, 9.17) is 8.94 Å². The highest BCUT2D eigenvalue weighted by Gasteiger charge is 2.34. The number of para-hydroxylation sites is 1. The number of rotatable bonds is 3. The molecule has 0 atom stereocenters. The fourth-order valence-corrected chi connectivity index (χ4v) is 6.32. The van der Waals surface area contributed by atoms with Crippen molar-refractivity contribution in [1.82, 2.24) is 10.1 Å². The highest BCUT2D eigenvalue weighted by Crippen LogP contribution is 2.45. The van der Waals surface area contributed by atoms with Crippen LogP contribution in [0.25, 0.3) is 33.8 Å². The van der Waals surface area contributed by atoms with Gasteiger partial charge in [-0.1, -0.05) is 60.1 Å². The molecule has 1 amide bonds. The predicted octanol–water partition coefficient (Wildman–Crippen LogP) is 6.56. The smallest absolute Gasteiger partial charge is 0.349 e. The van der Waals surface area contributed by atoms with Crippen molar-refractivity contribution in [3.05, 3.63) is 88.8 Å². The monoisotopic (exact) mass is 507 g/mol. The molecule has 1 aliphatic carbocycles. The zero-order valence-electron chi connectivity index (χ0n) is 19.7. The van der Waals surface area contributed by atoms with E-state index in [-0.39, 0.29) is 23.4 Å². The van der Waals surface area contributed by atoms with Gasteiger partial charge < -0.3 is 13.8 Å². The lowest BCUT2D eigenvalue weighted by Gasteiger charge is -2.29. The van der Waals surface area contributed by atoms with Crippen LogP contribution in [0, 0.1) is 0 Å². The van der Waals surface area contributed by atoms with Crippen molar-refractivity contribution in [3.63, 3.8) is 0 Å². The summed E-state index contributed by atoms with van der Waals surface area (Å²) in [6.45, 7) is 0. The van der Waals surface area contributed by atoms with Crippen molar-refractivity contribution in [2.45, 2.75) is 41.5 Å². The quantitative estimate of drug-likeness (QED) is 0.255. The number of benzene rings is 3. The summed E-state index contributed by atoms with van der Waals surface area (Å²) < 4.78 is 10.9. The van der Waals surface area contributed by atoms with E-state index < -0.39 is 5.63 Å². The second-order valence-electron chi connectivity index (χ2n) is 9.30. The van der Waals surface area contributed by atoms with Gasteiger partial charge in [0.15, 0.2) is 0 Å². The lowest BCUT2D eigenvalue weighted by atomic mass is 10.1. The van der Waals surface area contributed by atoms with Crippen molar-refractivity contribution in [2.24, 2.45) is 0 Å². The number of amides is 1. The van der Waals surface area contributed by atoms with Crippen LogP contribution in [0.2, 0.25) is 0 Å². The normalized spacial score (nSPS) is 15.6. The molecule has 1 fully saturated rings. The predicted molar refractivity (Wildman–Crippen MR) is 141 cm³/mol. The number of fused-ring (bicyclic) bond motifs is 3. The minimum Gasteiger partial charge on any atom is -0.422 e. The van der Waals surface area contributed by atoms with Crippen LogP contribution in [0.3, 0.4) is 0 Å². The van der Waals surface area contributed by atoms with Crippen LogP contribution >= 0.6 is 11.8 Å². The molecular formula is C29H21N3O4S. The van der Waals surface area contributed by atoms with E-state index in [2.05, 4.69) is 10.1 Å². The SMILES string of the molecule is O=C1c2ccccc2Sc2cc(-c3noc(-c4cc5ccccc5oc4=O)n3)ccc2N1C1CCCC1. The minimum absolute atomic E-state index is 0.0476. The van der Waals surface area contributed by atoms with Crippen molar-refractivity contribution in [2.75, 3.05) is 4.90 Å². The molecule has 0 N–H and O–H groups in total. The van der Waals surface area contributed by atoms with Gasteiger partial charge in [-0.15, -0.1) is 0 Å². The van der Waals surface area contributed by atoms with E-state index in [1.54, 1.807) is 23.9 Å². The van der Waals surface area contributed by atoms with E-state index in [0.29, 0.717) is 11.4 Å². The number of nitrogens with zero attached hydrogens (tertiary/aromatic N) is 3. The summed E-state index contributed by atoms with van der Waals surface area (Å²) >= 11 is 1.57. The second kappa shape index (κ2) is 8.74. The fourth-order valence-electron chi connectivity index (χ4n) is 5.21. The third-order valence-corrected chi connectivity index (χ3v) is 8.14. The van der Waals surface area contributed by atoms with Gasteiger partial charge in [-0.05, 0) is 55.3 Å².